The Labute approximate surface area is 348 Å². The molecule has 5 rings (SSSR count). The maximum Gasteiger partial charge on any atom is 0.316 e. The van der Waals surface area contributed by atoms with Gasteiger partial charge in [-0.25, -0.2) is 0 Å². The molecule has 2 aliphatic heterocycles. The van der Waals surface area contributed by atoms with Crippen molar-refractivity contribution in [3.05, 3.63) is 23.8 Å². The number of oxime groups is 1. The Hall–Kier alpha value is -3.92. The monoisotopic (exact) mass is 826 g/mol. The van der Waals surface area contributed by atoms with E-state index >= 15 is 0 Å². The number of likely N-dealkylation sites (N-methyl/N-ethyl adjacent to an activating group) is 1. The average Bonchev–Trinajstić information content (AvgIpc) is 3.54. The molecule has 15 nitrogen and oxygen atoms in total. The number of aromatic nitrogens is 1. The Kier molecular flexibility index (Phi) is 14.7. The number of carbonyl (C=O) groups is 4. The number of anilines is 1. The van der Waals surface area contributed by atoms with Gasteiger partial charge in [0.1, 0.15) is 35.5 Å². The number of aliphatic hydroxyl groups is 1. The van der Waals surface area contributed by atoms with Gasteiger partial charge in [0.15, 0.2) is 23.8 Å². The van der Waals surface area contributed by atoms with E-state index in [0.29, 0.717) is 55.3 Å². The predicted octanol–water partition coefficient (Wildman–Crippen LogP) is 6.02. The first-order valence-electron chi connectivity index (χ1n) is 21.1. The second kappa shape index (κ2) is 18.8. The Morgan fingerprint density at radius 1 is 1.07 bits per heavy atom. The Bertz CT molecular complexity index is 1860. The van der Waals surface area contributed by atoms with Gasteiger partial charge in [-0.05, 0) is 103 Å². The van der Waals surface area contributed by atoms with E-state index in [9.17, 15) is 24.3 Å². The third kappa shape index (κ3) is 10.3. The summed E-state index contributed by atoms with van der Waals surface area (Å²) < 4.78 is 30.8. The summed E-state index contributed by atoms with van der Waals surface area (Å²) in [6.45, 7) is 15.8. The van der Waals surface area contributed by atoms with Crippen LogP contribution in [0.25, 0.3) is 11.1 Å². The molecular formula is C44H66N4O11. The van der Waals surface area contributed by atoms with E-state index in [4.69, 9.17) is 33.9 Å². The molecule has 3 aliphatic rings. The van der Waals surface area contributed by atoms with Gasteiger partial charge in [-0.2, -0.15) is 4.98 Å². The Morgan fingerprint density at radius 3 is 2.44 bits per heavy atom. The average molecular weight is 827 g/mol. The van der Waals surface area contributed by atoms with Crippen molar-refractivity contribution in [3.8, 4) is 0 Å². The highest BCUT2D eigenvalue weighted by molar-refractivity contribution is 6.00. The van der Waals surface area contributed by atoms with E-state index in [0.717, 1.165) is 5.56 Å². The molecule has 1 aromatic carbocycles. The lowest BCUT2D eigenvalue weighted by atomic mass is 9.66. The van der Waals surface area contributed by atoms with E-state index in [2.05, 4.69) is 10.1 Å². The second-order valence-electron chi connectivity index (χ2n) is 18.1. The molecular weight excluding hydrogens is 761 g/mol. The number of nitrogens with zero attached hydrogens (tertiary/aromatic N) is 3. The zero-order chi connectivity index (χ0) is 43.6. The molecule has 3 heterocycles. The first-order valence-corrected chi connectivity index (χ1v) is 21.1. The van der Waals surface area contributed by atoms with E-state index in [1.807, 2.05) is 58.8 Å². The molecule has 0 spiro atoms. The number of nitrogens with two attached hydrogens (primary N) is 1. The molecule has 13 atom stereocenters. The smallest absolute Gasteiger partial charge is 0.316 e. The SMILES string of the molecule is CC[C@H]1OC(=O)[C@H](C)C(=O)[C@H](C)[C@@H](O[C@@H]2O[C@H](C)C[C@H](N(C)C)[C@H]2OC(C)=O)[C@]2(C)CC/C(=N/OCc3ccc4oc(N)nc4c3)CC[C@H]([C@@H](C)C(=O)[C@H](C)C2)[C@]1(C)O. The minimum atomic E-state index is -1.63. The van der Waals surface area contributed by atoms with E-state index in [1.165, 1.54) is 13.8 Å². The summed E-state index contributed by atoms with van der Waals surface area (Å²) in [5, 5.41) is 17.0. The number of esters is 2. The summed E-state index contributed by atoms with van der Waals surface area (Å²) in [5.74, 6) is -5.67. The molecule has 59 heavy (non-hydrogen) atoms. The van der Waals surface area contributed by atoms with Crippen LogP contribution < -0.4 is 5.73 Å². The summed E-state index contributed by atoms with van der Waals surface area (Å²) in [7, 11) is 3.80. The Balaban J connectivity index is 1.63. The van der Waals surface area contributed by atoms with Gasteiger partial charge in [0, 0.05) is 30.6 Å². The van der Waals surface area contributed by atoms with Crippen molar-refractivity contribution in [2.75, 3.05) is 19.8 Å². The van der Waals surface area contributed by atoms with E-state index in [-0.39, 0.29) is 37.0 Å². The predicted molar refractivity (Wildman–Crippen MR) is 220 cm³/mol. The molecule has 2 bridgehead atoms. The fraction of sp³-hybridized carbons (Fsp3) is 0.727. The largest absolute Gasteiger partial charge is 0.459 e. The first-order chi connectivity index (χ1) is 27.7. The summed E-state index contributed by atoms with van der Waals surface area (Å²) in [4.78, 5) is 67.8. The molecule has 1 aliphatic carbocycles. The van der Waals surface area contributed by atoms with Gasteiger partial charge in [-0.1, -0.05) is 45.8 Å². The highest BCUT2D eigenvalue weighted by atomic mass is 16.7. The number of cyclic esters (lactones) is 1. The minimum Gasteiger partial charge on any atom is -0.459 e. The topological polar surface area (TPSA) is 202 Å². The number of hydrogen-bond donors (Lipinski definition) is 2. The molecule has 2 saturated heterocycles. The summed E-state index contributed by atoms with van der Waals surface area (Å²) in [6, 6.07) is 5.24. The number of rotatable bonds is 8. The van der Waals surface area contributed by atoms with Crippen molar-refractivity contribution in [3.63, 3.8) is 0 Å². The number of carbonyl (C=O) groups excluding carboxylic acids is 4. The van der Waals surface area contributed by atoms with Crippen molar-refractivity contribution in [2.24, 2.45) is 40.2 Å². The summed E-state index contributed by atoms with van der Waals surface area (Å²) in [5.41, 5.74) is 5.84. The van der Waals surface area contributed by atoms with Crippen LogP contribution in [0.1, 0.15) is 113 Å². The van der Waals surface area contributed by atoms with Crippen molar-refractivity contribution in [1.82, 2.24) is 9.88 Å². The van der Waals surface area contributed by atoms with Crippen LogP contribution in [0.5, 0.6) is 0 Å². The van der Waals surface area contributed by atoms with E-state index < -0.39 is 82.9 Å². The van der Waals surface area contributed by atoms with Gasteiger partial charge in [0.25, 0.3) is 6.01 Å². The molecule has 0 amide bonds. The number of Topliss-reactive ketones (excluding diaryl/α,β-unsaturated/α-hetero) is 2. The molecule has 2 aromatic rings. The van der Waals surface area contributed by atoms with Crippen LogP contribution >= 0.6 is 0 Å². The maximum absolute atomic E-state index is 14.6. The van der Waals surface area contributed by atoms with Crippen LogP contribution in [-0.2, 0) is 49.6 Å². The zero-order valence-electron chi connectivity index (χ0n) is 36.7. The standard InChI is InChI=1S/C44H66N4O11/c1-12-35-44(9,53)31-15-14-30(47-54-22-29-13-16-34-32(20-29)46-42(45)57-34)17-18-43(8,21-23(2)36(50)25(31)4)39(26(5)37(51)27(6)40(52)58-35)59-41-38(56-28(7)49)33(48(10)11)19-24(3)55-41/h13,16,20,23-27,31,33,35,38-39,41,53H,12,14-15,17-19,21-22H2,1-11H3,(H2,45,46)/b47-30+/t23-,24-,25-,26+,27-,31-,33+,35-,38-,39-,41+,43-,44+/m1/s1. The van der Waals surface area contributed by atoms with Crippen LogP contribution in [0.3, 0.4) is 0 Å². The maximum atomic E-state index is 14.6. The van der Waals surface area contributed by atoms with Crippen LogP contribution in [-0.4, -0.2) is 101 Å². The molecule has 0 radical (unpaired) electrons. The van der Waals surface area contributed by atoms with Gasteiger partial charge in [0.05, 0.1) is 24.0 Å². The number of hydrogen-bond acceptors (Lipinski definition) is 15. The fourth-order valence-corrected chi connectivity index (χ4v) is 9.85. The second-order valence-corrected chi connectivity index (χ2v) is 18.1. The quantitative estimate of drug-likeness (QED) is 0.178. The molecule has 328 valence electrons. The highest BCUT2D eigenvalue weighted by Gasteiger charge is 2.52. The molecule has 15 heteroatoms. The number of benzene rings is 1. The molecule has 3 fully saturated rings. The number of nitrogen functional groups attached to an aromatic ring is 1. The van der Waals surface area contributed by atoms with Crippen LogP contribution in [0.15, 0.2) is 27.8 Å². The van der Waals surface area contributed by atoms with Gasteiger partial charge >= 0.3 is 11.9 Å². The third-order valence-corrected chi connectivity index (χ3v) is 13.2. The van der Waals surface area contributed by atoms with Crippen molar-refractivity contribution >= 4 is 46.3 Å². The molecule has 1 aromatic heterocycles. The summed E-state index contributed by atoms with van der Waals surface area (Å²) in [6.07, 6.45) is -1.50. The lowest BCUT2D eigenvalue weighted by molar-refractivity contribution is -0.290. The minimum absolute atomic E-state index is 0.0561. The first kappa shape index (κ1) is 46.2. The zero-order valence-corrected chi connectivity index (χ0v) is 36.7. The molecule has 0 unspecified atom stereocenters. The number of ether oxygens (including phenoxy) is 4. The van der Waals surface area contributed by atoms with Gasteiger partial charge in [-0.15, -0.1) is 0 Å². The third-order valence-electron chi connectivity index (χ3n) is 13.2. The lowest BCUT2D eigenvalue weighted by Crippen LogP contribution is -2.58. The normalized spacial score (nSPS) is 37.4. The van der Waals surface area contributed by atoms with Crippen molar-refractivity contribution < 1.29 is 52.5 Å². The molecule has 3 N–H and O–H groups in total. The number of oxazole rings is 1. The van der Waals surface area contributed by atoms with Gasteiger partial charge < -0.3 is 43.9 Å². The van der Waals surface area contributed by atoms with Crippen LogP contribution in [0, 0.1) is 35.0 Å². The number of ketones is 2. The lowest BCUT2D eigenvalue weighted by Gasteiger charge is -2.48. The van der Waals surface area contributed by atoms with Gasteiger partial charge in [-0.3, -0.25) is 19.2 Å². The fourth-order valence-electron chi connectivity index (χ4n) is 9.85. The summed E-state index contributed by atoms with van der Waals surface area (Å²) >= 11 is 0. The Morgan fingerprint density at radius 2 is 1.78 bits per heavy atom. The van der Waals surface area contributed by atoms with Gasteiger partial charge in [0.2, 0.25) is 0 Å². The van der Waals surface area contributed by atoms with Crippen molar-refractivity contribution in [1.29, 1.82) is 0 Å². The number of fused-ring (bicyclic) bond motifs is 6. The van der Waals surface area contributed by atoms with Crippen molar-refractivity contribution in [2.45, 2.75) is 156 Å². The van der Waals surface area contributed by atoms with Crippen LogP contribution in [0.2, 0.25) is 0 Å². The van der Waals surface area contributed by atoms with Crippen LogP contribution in [0.4, 0.5) is 6.01 Å². The highest BCUT2D eigenvalue weighted by Crippen LogP contribution is 2.46. The van der Waals surface area contributed by atoms with E-state index in [1.54, 1.807) is 26.8 Å². The molecule has 1 saturated carbocycles.